The second kappa shape index (κ2) is 6.97. The van der Waals surface area contributed by atoms with E-state index < -0.39 is 23.9 Å². The third kappa shape index (κ3) is 4.67. The van der Waals surface area contributed by atoms with Crippen LogP contribution < -0.4 is 5.32 Å². The number of hydrogen-bond donors (Lipinski definition) is 4. The summed E-state index contributed by atoms with van der Waals surface area (Å²) >= 11 is 0. The van der Waals surface area contributed by atoms with Crippen LogP contribution in [-0.4, -0.2) is 44.8 Å². The van der Waals surface area contributed by atoms with Gasteiger partial charge in [0.2, 0.25) is 0 Å². The predicted octanol–water partition coefficient (Wildman–Crippen LogP) is 1.87. The Bertz CT molecular complexity index is 663. The first-order chi connectivity index (χ1) is 10.8. The van der Waals surface area contributed by atoms with Crippen molar-refractivity contribution >= 4 is 17.0 Å². The van der Waals surface area contributed by atoms with Crippen molar-refractivity contribution in [1.29, 1.82) is 0 Å². The molecule has 0 aliphatic carbocycles. The molecule has 0 bridgehead atoms. The first-order valence-electron chi connectivity index (χ1n) is 7.53. The molecule has 0 saturated carbocycles. The van der Waals surface area contributed by atoms with Gasteiger partial charge in [0.1, 0.15) is 11.7 Å². The average molecular weight is 321 g/mol. The highest BCUT2D eigenvalue weighted by Crippen LogP contribution is 2.26. The van der Waals surface area contributed by atoms with Gasteiger partial charge in [-0.2, -0.15) is 5.10 Å². The van der Waals surface area contributed by atoms with Crippen molar-refractivity contribution in [3.05, 3.63) is 30.0 Å². The number of aromatic nitrogens is 2. The fourth-order valence-corrected chi connectivity index (χ4v) is 2.25. The molecule has 1 amide bonds. The highest BCUT2D eigenvalue weighted by molar-refractivity contribution is 5.81. The van der Waals surface area contributed by atoms with Crippen LogP contribution in [0.5, 0.6) is 0 Å². The van der Waals surface area contributed by atoms with E-state index >= 15 is 0 Å². The summed E-state index contributed by atoms with van der Waals surface area (Å²) in [6.45, 7) is 5.53. The Morgan fingerprint density at radius 2 is 2.13 bits per heavy atom. The number of fused-ring (bicyclic) bond motifs is 1. The SMILES string of the molecule is CC(C)(C)OC(=O)NCCC(O)C(O)c1cccc2[nH]ncc12. The molecular formula is C16H23N3O4. The molecule has 1 aromatic heterocycles. The van der Waals surface area contributed by atoms with Crippen LogP contribution in [0.15, 0.2) is 24.4 Å². The number of carbonyl (C=O) groups excluding carboxylic acids is 1. The molecule has 0 aliphatic heterocycles. The number of alkyl carbamates (subject to hydrolysis) is 1. The van der Waals surface area contributed by atoms with E-state index in [1.165, 1.54) is 0 Å². The van der Waals surface area contributed by atoms with Gasteiger partial charge in [-0.3, -0.25) is 5.10 Å². The first-order valence-corrected chi connectivity index (χ1v) is 7.53. The van der Waals surface area contributed by atoms with Gasteiger partial charge in [0, 0.05) is 11.9 Å². The summed E-state index contributed by atoms with van der Waals surface area (Å²) in [7, 11) is 0. The zero-order valence-electron chi connectivity index (χ0n) is 13.5. The quantitative estimate of drug-likeness (QED) is 0.672. The van der Waals surface area contributed by atoms with Gasteiger partial charge in [-0.05, 0) is 38.8 Å². The van der Waals surface area contributed by atoms with Gasteiger partial charge in [0.15, 0.2) is 0 Å². The van der Waals surface area contributed by atoms with Crippen molar-refractivity contribution in [2.45, 2.75) is 45.0 Å². The molecule has 2 rings (SSSR count). The van der Waals surface area contributed by atoms with Gasteiger partial charge in [-0.15, -0.1) is 0 Å². The van der Waals surface area contributed by atoms with Crippen LogP contribution in [0.4, 0.5) is 4.79 Å². The fraction of sp³-hybridized carbons (Fsp3) is 0.500. The second-order valence-corrected chi connectivity index (χ2v) is 6.41. The number of aromatic amines is 1. The Balaban J connectivity index is 1.89. The Morgan fingerprint density at radius 3 is 2.83 bits per heavy atom. The molecule has 0 aliphatic rings. The van der Waals surface area contributed by atoms with Crippen LogP contribution in [0, 0.1) is 0 Å². The summed E-state index contributed by atoms with van der Waals surface area (Å²) in [5.74, 6) is 0. The lowest BCUT2D eigenvalue weighted by Crippen LogP contribution is -2.34. The normalized spacial score (nSPS) is 14.5. The van der Waals surface area contributed by atoms with Crippen LogP contribution in [0.2, 0.25) is 0 Å². The second-order valence-electron chi connectivity index (χ2n) is 6.41. The number of aliphatic hydroxyl groups excluding tert-OH is 2. The molecule has 1 aromatic carbocycles. The number of ether oxygens (including phenoxy) is 1. The van der Waals surface area contributed by atoms with Crippen molar-refractivity contribution in [3.8, 4) is 0 Å². The van der Waals surface area contributed by atoms with E-state index in [0.717, 1.165) is 10.9 Å². The molecule has 0 spiro atoms. The van der Waals surface area contributed by atoms with Crippen molar-refractivity contribution in [2.75, 3.05) is 6.54 Å². The fourth-order valence-electron chi connectivity index (χ4n) is 2.25. The zero-order valence-corrected chi connectivity index (χ0v) is 13.5. The predicted molar refractivity (Wildman–Crippen MR) is 85.9 cm³/mol. The van der Waals surface area contributed by atoms with Gasteiger partial charge >= 0.3 is 6.09 Å². The maximum absolute atomic E-state index is 11.5. The van der Waals surface area contributed by atoms with Gasteiger partial charge in [-0.25, -0.2) is 4.79 Å². The topological polar surface area (TPSA) is 107 Å². The molecule has 7 nitrogen and oxygen atoms in total. The Morgan fingerprint density at radius 1 is 1.39 bits per heavy atom. The number of amides is 1. The molecule has 0 radical (unpaired) electrons. The van der Waals surface area contributed by atoms with E-state index in [-0.39, 0.29) is 13.0 Å². The monoisotopic (exact) mass is 321 g/mol. The average Bonchev–Trinajstić information content (AvgIpc) is 2.92. The number of nitrogens with one attached hydrogen (secondary N) is 2. The molecule has 0 saturated heterocycles. The number of benzene rings is 1. The van der Waals surface area contributed by atoms with Crippen molar-refractivity contribution in [2.24, 2.45) is 0 Å². The number of rotatable bonds is 5. The Hall–Kier alpha value is -2.12. The van der Waals surface area contributed by atoms with Gasteiger partial charge < -0.3 is 20.3 Å². The standard InChI is InChI=1S/C16H23N3O4/c1-16(2,3)23-15(22)17-8-7-13(20)14(21)10-5-4-6-12-11(10)9-18-19-12/h4-6,9,13-14,20-21H,7-8H2,1-3H3,(H,17,22)(H,18,19). The van der Waals surface area contributed by atoms with E-state index in [0.29, 0.717) is 5.56 Å². The number of H-pyrrole nitrogens is 1. The highest BCUT2D eigenvalue weighted by Gasteiger charge is 2.21. The minimum absolute atomic E-state index is 0.203. The van der Waals surface area contributed by atoms with Crippen LogP contribution in [0.3, 0.4) is 0 Å². The minimum atomic E-state index is -1.06. The Labute approximate surface area is 134 Å². The number of aliphatic hydroxyl groups is 2. The Kier molecular flexibility index (Phi) is 5.23. The minimum Gasteiger partial charge on any atom is -0.444 e. The smallest absolute Gasteiger partial charge is 0.407 e. The largest absolute Gasteiger partial charge is 0.444 e. The molecule has 23 heavy (non-hydrogen) atoms. The van der Waals surface area contributed by atoms with Crippen LogP contribution in [-0.2, 0) is 4.74 Å². The first kappa shape index (κ1) is 17.2. The third-order valence-electron chi connectivity index (χ3n) is 3.31. The van der Waals surface area contributed by atoms with Crippen molar-refractivity contribution in [1.82, 2.24) is 15.5 Å². The maximum atomic E-state index is 11.5. The third-order valence-corrected chi connectivity index (χ3v) is 3.31. The molecule has 126 valence electrons. The van der Waals surface area contributed by atoms with Crippen LogP contribution in [0.1, 0.15) is 38.9 Å². The summed E-state index contributed by atoms with van der Waals surface area (Å²) in [6.07, 6.45) is -0.799. The van der Waals surface area contributed by atoms with Crippen molar-refractivity contribution in [3.63, 3.8) is 0 Å². The lowest BCUT2D eigenvalue weighted by Gasteiger charge is -2.21. The summed E-state index contributed by atoms with van der Waals surface area (Å²) in [6, 6.07) is 5.37. The van der Waals surface area contributed by atoms with Gasteiger partial charge in [0.25, 0.3) is 0 Å². The molecular weight excluding hydrogens is 298 g/mol. The number of carbonyl (C=O) groups is 1. The molecule has 2 atom stereocenters. The van der Waals surface area contributed by atoms with Crippen LogP contribution in [0.25, 0.3) is 10.9 Å². The van der Waals surface area contributed by atoms with E-state index in [4.69, 9.17) is 4.74 Å². The lowest BCUT2D eigenvalue weighted by atomic mass is 9.99. The molecule has 1 heterocycles. The van der Waals surface area contributed by atoms with Crippen LogP contribution >= 0.6 is 0 Å². The number of nitrogens with zero attached hydrogens (tertiary/aromatic N) is 1. The van der Waals surface area contributed by atoms with E-state index in [1.54, 1.807) is 39.1 Å². The molecule has 2 unspecified atom stereocenters. The summed E-state index contributed by atoms with van der Waals surface area (Å²) in [5, 5.41) is 30.5. The summed E-state index contributed by atoms with van der Waals surface area (Å²) in [4.78, 5) is 11.5. The molecule has 0 fully saturated rings. The zero-order chi connectivity index (χ0) is 17.0. The molecule has 7 heteroatoms. The van der Waals surface area contributed by atoms with Gasteiger partial charge in [-0.1, -0.05) is 12.1 Å². The van der Waals surface area contributed by atoms with Gasteiger partial charge in [0.05, 0.1) is 17.8 Å². The summed E-state index contributed by atoms with van der Waals surface area (Å²) < 4.78 is 5.11. The van der Waals surface area contributed by atoms with E-state index in [1.807, 2.05) is 6.07 Å². The maximum Gasteiger partial charge on any atom is 0.407 e. The summed E-state index contributed by atoms with van der Waals surface area (Å²) in [5.41, 5.74) is 0.820. The lowest BCUT2D eigenvalue weighted by molar-refractivity contribution is 0.0131. The molecule has 4 N–H and O–H groups in total. The van der Waals surface area contributed by atoms with E-state index in [2.05, 4.69) is 15.5 Å². The number of hydrogen-bond acceptors (Lipinski definition) is 5. The highest BCUT2D eigenvalue weighted by atomic mass is 16.6. The van der Waals surface area contributed by atoms with E-state index in [9.17, 15) is 15.0 Å². The van der Waals surface area contributed by atoms with Crippen molar-refractivity contribution < 1.29 is 19.7 Å². The molecule has 2 aromatic rings.